The number of β-amino-alcohol motifs (C(OH)–C–C–N with tert-alkyl or cyclic N) is 1. The third kappa shape index (κ3) is 4.18. The Morgan fingerprint density at radius 2 is 2.00 bits per heavy atom. The molecule has 0 spiro atoms. The highest BCUT2D eigenvalue weighted by Crippen LogP contribution is 2.29. The van der Waals surface area contributed by atoms with Crippen molar-refractivity contribution in [1.29, 1.82) is 0 Å². The summed E-state index contributed by atoms with van der Waals surface area (Å²) >= 11 is 0. The van der Waals surface area contributed by atoms with Crippen molar-refractivity contribution < 1.29 is 9.90 Å². The lowest BCUT2D eigenvalue weighted by Crippen LogP contribution is -2.41. The maximum absolute atomic E-state index is 12.3. The average Bonchev–Trinajstić information content (AvgIpc) is 2.95. The third-order valence-electron chi connectivity index (χ3n) is 4.53. The summed E-state index contributed by atoms with van der Waals surface area (Å²) in [6.07, 6.45) is 7.39. The van der Waals surface area contributed by atoms with Crippen LogP contribution >= 0.6 is 0 Å². The molecule has 2 rings (SSSR count). The Labute approximate surface area is 116 Å². The number of likely N-dealkylation sites (tertiary alicyclic amines) is 1. The van der Waals surface area contributed by atoms with Crippen molar-refractivity contribution in [1.82, 2.24) is 9.80 Å². The predicted octanol–water partition coefficient (Wildman–Crippen LogP) is 1.48. The maximum Gasteiger partial charge on any atom is 0.222 e. The molecule has 1 aliphatic heterocycles. The Balaban J connectivity index is 1.81. The summed E-state index contributed by atoms with van der Waals surface area (Å²) in [6.45, 7) is 1.38. The number of likely N-dealkylation sites (N-methyl/N-ethyl adjacent to an activating group) is 1. The Bertz CT molecular complexity index is 301. The van der Waals surface area contributed by atoms with E-state index in [-0.39, 0.29) is 18.1 Å². The van der Waals surface area contributed by atoms with E-state index in [4.69, 9.17) is 0 Å². The molecule has 0 aromatic heterocycles. The molecule has 1 amide bonds. The van der Waals surface area contributed by atoms with Crippen LogP contribution in [0.3, 0.4) is 0 Å². The quantitative estimate of drug-likeness (QED) is 0.821. The van der Waals surface area contributed by atoms with E-state index in [1.54, 1.807) is 0 Å². The molecule has 19 heavy (non-hydrogen) atoms. The molecule has 0 bridgehead atoms. The Morgan fingerprint density at radius 3 is 2.63 bits per heavy atom. The first-order chi connectivity index (χ1) is 9.06. The topological polar surface area (TPSA) is 43.8 Å². The fraction of sp³-hybridized carbons (Fsp3) is 0.933. The van der Waals surface area contributed by atoms with Crippen molar-refractivity contribution in [3.8, 4) is 0 Å². The summed E-state index contributed by atoms with van der Waals surface area (Å²) in [5, 5.41) is 9.80. The van der Waals surface area contributed by atoms with Crippen LogP contribution in [-0.2, 0) is 4.79 Å². The summed E-state index contributed by atoms with van der Waals surface area (Å²) in [6, 6.07) is 0.195. The van der Waals surface area contributed by atoms with Gasteiger partial charge in [0.2, 0.25) is 5.91 Å². The van der Waals surface area contributed by atoms with E-state index >= 15 is 0 Å². The number of carbonyl (C=O) groups is 1. The molecule has 4 heteroatoms. The van der Waals surface area contributed by atoms with Gasteiger partial charge < -0.3 is 14.9 Å². The van der Waals surface area contributed by atoms with Crippen LogP contribution in [0.25, 0.3) is 0 Å². The number of amides is 1. The molecule has 1 heterocycles. The van der Waals surface area contributed by atoms with Gasteiger partial charge in [0, 0.05) is 25.6 Å². The second-order valence-electron chi connectivity index (χ2n) is 6.54. The maximum atomic E-state index is 12.3. The highest BCUT2D eigenvalue weighted by atomic mass is 16.3. The van der Waals surface area contributed by atoms with E-state index in [1.807, 2.05) is 19.0 Å². The molecule has 110 valence electrons. The van der Waals surface area contributed by atoms with Gasteiger partial charge in [-0.05, 0) is 32.9 Å². The van der Waals surface area contributed by atoms with Crippen LogP contribution < -0.4 is 0 Å². The lowest BCUT2D eigenvalue weighted by Gasteiger charge is -2.27. The van der Waals surface area contributed by atoms with E-state index in [2.05, 4.69) is 4.90 Å². The minimum Gasteiger partial charge on any atom is -0.391 e. The summed E-state index contributed by atoms with van der Waals surface area (Å²) < 4.78 is 0. The van der Waals surface area contributed by atoms with Crippen LogP contribution in [0.1, 0.15) is 44.9 Å². The van der Waals surface area contributed by atoms with Crippen molar-refractivity contribution >= 4 is 5.91 Å². The van der Waals surface area contributed by atoms with Crippen LogP contribution in [0, 0.1) is 5.92 Å². The van der Waals surface area contributed by atoms with Crippen LogP contribution in [0.15, 0.2) is 0 Å². The van der Waals surface area contributed by atoms with E-state index in [0.717, 1.165) is 25.3 Å². The van der Waals surface area contributed by atoms with Gasteiger partial charge in [0.05, 0.1) is 6.10 Å². The Hall–Kier alpha value is -0.610. The smallest absolute Gasteiger partial charge is 0.222 e. The zero-order valence-corrected chi connectivity index (χ0v) is 12.3. The molecule has 2 fully saturated rings. The first-order valence-electron chi connectivity index (χ1n) is 7.68. The zero-order chi connectivity index (χ0) is 13.8. The van der Waals surface area contributed by atoms with E-state index < -0.39 is 0 Å². The van der Waals surface area contributed by atoms with Gasteiger partial charge in [0.1, 0.15) is 0 Å². The van der Waals surface area contributed by atoms with Gasteiger partial charge >= 0.3 is 0 Å². The molecule has 2 atom stereocenters. The Kier molecular flexibility index (Phi) is 5.22. The normalized spacial score (nSPS) is 28.5. The highest BCUT2D eigenvalue weighted by Gasteiger charge is 2.34. The van der Waals surface area contributed by atoms with Gasteiger partial charge in [-0.2, -0.15) is 0 Å². The number of carbonyl (C=O) groups excluding carboxylic acids is 1. The number of rotatable bonds is 5. The SMILES string of the molecule is CN(C)CC1CC(O)CN1C(=O)CCC1CCCC1. The van der Waals surface area contributed by atoms with Crippen LogP contribution in [0.2, 0.25) is 0 Å². The molecule has 1 saturated heterocycles. The lowest BCUT2D eigenvalue weighted by atomic mass is 10.0. The second kappa shape index (κ2) is 6.71. The molecule has 2 aliphatic rings. The van der Waals surface area contributed by atoms with Gasteiger partial charge in [-0.3, -0.25) is 4.79 Å². The van der Waals surface area contributed by atoms with Gasteiger partial charge in [-0.1, -0.05) is 25.7 Å². The number of hydrogen-bond donors (Lipinski definition) is 1. The van der Waals surface area contributed by atoms with Gasteiger partial charge in [0.25, 0.3) is 0 Å². The van der Waals surface area contributed by atoms with Crippen molar-refractivity contribution in [3.63, 3.8) is 0 Å². The number of nitrogens with zero attached hydrogens (tertiary/aromatic N) is 2. The molecule has 0 aromatic carbocycles. The van der Waals surface area contributed by atoms with Gasteiger partial charge in [0.15, 0.2) is 0 Å². The molecule has 1 saturated carbocycles. The van der Waals surface area contributed by atoms with Crippen molar-refractivity contribution in [2.75, 3.05) is 27.2 Å². The first kappa shape index (κ1) is 14.8. The van der Waals surface area contributed by atoms with Gasteiger partial charge in [-0.15, -0.1) is 0 Å². The second-order valence-corrected chi connectivity index (χ2v) is 6.54. The number of aliphatic hydroxyl groups is 1. The summed E-state index contributed by atoms with van der Waals surface area (Å²) in [4.78, 5) is 16.3. The van der Waals surface area contributed by atoms with E-state index in [9.17, 15) is 9.90 Å². The minimum atomic E-state index is -0.333. The molecule has 1 N–H and O–H groups in total. The van der Waals surface area contributed by atoms with Crippen molar-refractivity contribution in [2.24, 2.45) is 5.92 Å². The standard InChI is InChI=1S/C15H28N2O2/c1-16(2)10-13-9-14(18)11-17(13)15(19)8-7-12-5-3-4-6-12/h12-14,18H,3-11H2,1-2H3. The molecular weight excluding hydrogens is 240 g/mol. The summed E-state index contributed by atoms with van der Waals surface area (Å²) in [5.41, 5.74) is 0. The number of hydrogen-bond acceptors (Lipinski definition) is 3. The Morgan fingerprint density at radius 1 is 1.32 bits per heavy atom. The number of aliphatic hydroxyl groups excluding tert-OH is 1. The fourth-order valence-corrected chi connectivity index (χ4v) is 3.56. The summed E-state index contributed by atoms with van der Waals surface area (Å²) in [5.74, 6) is 1.01. The average molecular weight is 268 g/mol. The molecular formula is C15H28N2O2. The molecule has 2 unspecified atom stereocenters. The van der Waals surface area contributed by atoms with Crippen LogP contribution in [0.5, 0.6) is 0 Å². The first-order valence-corrected chi connectivity index (χ1v) is 7.68. The molecule has 0 radical (unpaired) electrons. The van der Waals surface area contributed by atoms with E-state index in [0.29, 0.717) is 13.0 Å². The third-order valence-corrected chi connectivity index (χ3v) is 4.53. The highest BCUT2D eigenvalue weighted by molar-refractivity contribution is 5.77. The van der Waals surface area contributed by atoms with Crippen molar-refractivity contribution in [3.05, 3.63) is 0 Å². The molecule has 4 nitrogen and oxygen atoms in total. The molecule has 1 aliphatic carbocycles. The fourth-order valence-electron chi connectivity index (χ4n) is 3.56. The van der Waals surface area contributed by atoms with Crippen LogP contribution in [0.4, 0.5) is 0 Å². The van der Waals surface area contributed by atoms with Gasteiger partial charge in [-0.25, -0.2) is 0 Å². The van der Waals surface area contributed by atoms with Crippen LogP contribution in [-0.4, -0.2) is 60.1 Å². The minimum absolute atomic E-state index is 0.195. The van der Waals surface area contributed by atoms with E-state index in [1.165, 1.54) is 25.7 Å². The predicted molar refractivity (Wildman–Crippen MR) is 75.9 cm³/mol. The largest absolute Gasteiger partial charge is 0.391 e. The molecule has 0 aromatic rings. The van der Waals surface area contributed by atoms with Crippen molar-refractivity contribution in [2.45, 2.75) is 57.1 Å². The summed E-state index contributed by atoms with van der Waals surface area (Å²) in [7, 11) is 4.04. The zero-order valence-electron chi connectivity index (χ0n) is 12.3. The lowest BCUT2D eigenvalue weighted by molar-refractivity contribution is -0.132. The monoisotopic (exact) mass is 268 g/mol.